The van der Waals surface area contributed by atoms with E-state index in [4.69, 9.17) is 14.9 Å². The zero-order valence-electron chi connectivity index (χ0n) is 11.5. The van der Waals surface area contributed by atoms with Crippen molar-refractivity contribution in [2.75, 3.05) is 38.7 Å². The zero-order valence-corrected chi connectivity index (χ0v) is 13.1. The molecular weight excluding hydrogens is 344 g/mol. The number of aromatic carboxylic acids is 1. The average molecular weight is 361 g/mol. The van der Waals surface area contributed by atoms with Gasteiger partial charge in [0, 0.05) is 24.7 Å². The number of carboxylic acid groups (broad SMARTS) is 1. The molecule has 1 aromatic carbocycles. The first-order chi connectivity index (χ1) is 10.0. The lowest BCUT2D eigenvalue weighted by atomic mass is 10.2. The van der Waals surface area contributed by atoms with Crippen molar-refractivity contribution in [3.05, 3.63) is 28.2 Å². The van der Waals surface area contributed by atoms with E-state index < -0.39 is 12.0 Å². The fraction of sp³-hybridized carbons (Fsp3) is 0.385. The van der Waals surface area contributed by atoms with Gasteiger partial charge in [-0.3, -0.25) is 0 Å². The number of amides is 2. The van der Waals surface area contributed by atoms with Crippen molar-refractivity contribution in [3.63, 3.8) is 0 Å². The Morgan fingerprint density at radius 1 is 1.38 bits per heavy atom. The molecule has 8 heteroatoms. The number of hydrogen-bond acceptors (Lipinski definition) is 4. The largest absolute Gasteiger partial charge is 0.478 e. The normalized spacial score (nSPS) is 10.2. The molecule has 0 bridgehead atoms. The van der Waals surface area contributed by atoms with Gasteiger partial charge >= 0.3 is 12.0 Å². The van der Waals surface area contributed by atoms with E-state index in [2.05, 4.69) is 21.2 Å². The minimum atomic E-state index is -1.14. The number of para-hydroxylation sites is 1. The molecule has 116 valence electrons. The molecule has 0 spiro atoms. The van der Waals surface area contributed by atoms with E-state index in [1.54, 1.807) is 12.1 Å². The van der Waals surface area contributed by atoms with Gasteiger partial charge in [-0.2, -0.15) is 0 Å². The van der Waals surface area contributed by atoms with Crippen LogP contribution in [0.4, 0.5) is 10.5 Å². The van der Waals surface area contributed by atoms with Crippen LogP contribution >= 0.6 is 15.9 Å². The summed E-state index contributed by atoms with van der Waals surface area (Å²) in [7, 11) is 1.51. The molecule has 0 unspecified atom stereocenters. The van der Waals surface area contributed by atoms with Crippen LogP contribution in [0.1, 0.15) is 10.4 Å². The summed E-state index contributed by atoms with van der Waals surface area (Å²) in [6, 6.07) is 4.09. The summed E-state index contributed by atoms with van der Waals surface area (Å²) in [6.45, 7) is 0.534. The van der Waals surface area contributed by atoms with Gasteiger partial charge in [0.15, 0.2) is 0 Å². The number of halogens is 1. The molecule has 0 aliphatic rings. The van der Waals surface area contributed by atoms with Crippen molar-refractivity contribution in [1.29, 1.82) is 0 Å². The van der Waals surface area contributed by atoms with Crippen LogP contribution in [0.15, 0.2) is 22.7 Å². The Kier molecular flexibility index (Phi) is 7.13. The molecule has 7 nitrogen and oxygen atoms in total. The Balaban J connectivity index is 2.92. The van der Waals surface area contributed by atoms with Gasteiger partial charge in [0.05, 0.1) is 24.5 Å². The highest BCUT2D eigenvalue weighted by Crippen LogP contribution is 2.26. The molecule has 0 heterocycles. The third-order valence-corrected chi connectivity index (χ3v) is 3.36. The number of rotatable bonds is 7. The standard InChI is InChI=1S/C13H17BrN2O5/c1-21-8-6-16(5-7-17)13(20)15-11-9(12(18)19)3-2-4-10(11)14/h2-4,17H,5-8H2,1H3,(H,15,20)(H,18,19). The maximum Gasteiger partial charge on any atom is 0.337 e. The molecule has 1 rings (SSSR count). The number of benzene rings is 1. The van der Waals surface area contributed by atoms with E-state index >= 15 is 0 Å². The van der Waals surface area contributed by atoms with Crippen LogP contribution in [0.5, 0.6) is 0 Å². The first-order valence-corrected chi connectivity index (χ1v) is 6.98. The maximum absolute atomic E-state index is 12.2. The molecule has 0 aliphatic heterocycles. The third kappa shape index (κ3) is 5.00. The van der Waals surface area contributed by atoms with Gasteiger partial charge in [-0.05, 0) is 28.1 Å². The van der Waals surface area contributed by atoms with Crippen LogP contribution in [0.25, 0.3) is 0 Å². The summed E-state index contributed by atoms with van der Waals surface area (Å²) in [5, 5.41) is 20.7. The van der Waals surface area contributed by atoms with Crippen molar-refractivity contribution in [1.82, 2.24) is 4.90 Å². The number of methoxy groups -OCH3 is 1. The Morgan fingerprint density at radius 2 is 2.10 bits per heavy atom. The molecular formula is C13H17BrN2O5. The quantitative estimate of drug-likeness (QED) is 0.686. The van der Waals surface area contributed by atoms with E-state index in [0.29, 0.717) is 11.1 Å². The first kappa shape index (κ1) is 17.4. The molecule has 0 saturated carbocycles. The number of aliphatic hydroxyl groups excluding tert-OH is 1. The van der Waals surface area contributed by atoms with E-state index in [1.807, 2.05) is 0 Å². The van der Waals surface area contributed by atoms with Crippen molar-refractivity contribution in [3.8, 4) is 0 Å². The molecule has 0 aromatic heterocycles. The molecule has 21 heavy (non-hydrogen) atoms. The number of anilines is 1. The molecule has 0 aliphatic carbocycles. The van der Waals surface area contributed by atoms with Crippen molar-refractivity contribution < 1.29 is 24.5 Å². The predicted octanol–water partition coefficient (Wildman–Crippen LogP) is 1.62. The predicted molar refractivity (Wildman–Crippen MR) is 80.7 cm³/mol. The van der Waals surface area contributed by atoms with Gasteiger partial charge in [0.1, 0.15) is 0 Å². The number of aliphatic hydroxyl groups is 1. The van der Waals surface area contributed by atoms with Gasteiger partial charge < -0.3 is 25.2 Å². The molecule has 3 N–H and O–H groups in total. The molecule has 0 radical (unpaired) electrons. The number of carboxylic acids is 1. The molecule has 1 aromatic rings. The Bertz CT molecular complexity index is 509. The van der Waals surface area contributed by atoms with Crippen LogP contribution in [0.3, 0.4) is 0 Å². The van der Waals surface area contributed by atoms with Crippen LogP contribution in [-0.2, 0) is 4.74 Å². The zero-order chi connectivity index (χ0) is 15.8. The fourth-order valence-electron chi connectivity index (χ4n) is 1.65. The van der Waals surface area contributed by atoms with Crippen molar-refractivity contribution >= 4 is 33.6 Å². The monoisotopic (exact) mass is 360 g/mol. The molecule has 0 atom stereocenters. The maximum atomic E-state index is 12.2. The van der Waals surface area contributed by atoms with E-state index in [-0.39, 0.29) is 30.9 Å². The summed E-state index contributed by atoms with van der Waals surface area (Å²) in [5.74, 6) is -1.14. The Hall–Kier alpha value is -1.64. The van der Waals surface area contributed by atoms with E-state index in [0.717, 1.165) is 0 Å². The van der Waals surface area contributed by atoms with Crippen LogP contribution in [-0.4, -0.2) is 60.5 Å². The number of ether oxygens (including phenoxy) is 1. The lowest BCUT2D eigenvalue weighted by Crippen LogP contribution is -2.39. The highest BCUT2D eigenvalue weighted by Gasteiger charge is 2.18. The number of urea groups is 1. The van der Waals surface area contributed by atoms with Gasteiger partial charge in [0.25, 0.3) is 0 Å². The summed E-state index contributed by atoms with van der Waals surface area (Å²) < 4.78 is 5.36. The van der Waals surface area contributed by atoms with Gasteiger partial charge in [-0.25, -0.2) is 9.59 Å². The van der Waals surface area contributed by atoms with Gasteiger partial charge in [-0.15, -0.1) is 0 Å². The number of nitrogens with one attached hydrogen (secondary N) is 1. The lowest BCUT2D eigenvalue weighted by Gasteiger charge is -2.22. The van der Waals surface area contributed by atoms with Crippen LogP contribution in [0.2, 0.25) is 0 Å². The van der Waals surface area contributed by atoms with Gasteiger partial charge in [0.2, 0.25) is 0 Å². The molecule has 0 fully saturated rings. The number of carbonyl (C=O) groups excluding carboxylic acids is 1. The summed E-state index contributed by atoms with van der Waals surface area (Å²) in [4.78, 5) is 24.7. The highest BCUT2D eigenvalue weighted by atomic mass is 79.9. The molecule has 2 amide bonds. The number of hydrogen-bond donors (Lipinski definition) is 3. The van der Waals surface area contributed by atoms with Gasteiger partial charge in [-0.1, -0.05) is 6.07 Å². The third-order valence-electron chi connectivity index (χ3n) is 2.70. The lowest BCUT2D eigenvalue weighted by molar-refractivity contribution is 0.0698. The summed E-state index contributed by atoms with van der Waals surface area (Å²) in [5.41, 5.74) is 0.156. The smallest absolute Gasteiger partial charge is 0.337 e. The van der Waals surface area contributed by atoms with Crippen LogP contribution < -0.4 is 5.32 Å². The SMILES string of the molecule is COCCN(CCO)C(=O)Nc1c(Br)cccc1C(=O)O. The Labute approximate surface area is 130 Å². The minimum Gasteiger partial charge on any atom is -0.478 e. The minimum absolute atomic E-state index is 0.0200. The summed E-state index contributed by atoms with van der Waals surface area (Å²) in [6.07, 6.45) is 0. The second-order valence-corrected chi connectivity index (χ2v) is 4.96. The summed E-state index contributed by atoms with van der Waals surface area (Å²) >= 11 is 3.21. The van der Waals surface area contributed by atoms with Crippen molar-refractivity contribution in [2.24, 2.45) is 0 Å². The second-order valence-electron chi connectivity index (χ2n) is 4.10. The Morgan fingerprint density at radius 3 is 2.67 bits per heavy atom. The number of carbonyl (C=O) groups is 2. The van der Waals surface area contributed by atoms with Crippen molar-refractivity contribution in [2.45, 2.75) is 0 Å². The average Bonchev–Trinajstić information content (AvgIpc) is 2.45. The highest BCUT2D eigenvalue weighted by molar-refractivity contribution is 9.10. The second kappa shape index (κ2) is 8.60. The van der Waals surface area contributed by atoms with E-state index in [1.165, 1.54) is 18.1 Å². The number of nitrogens with zero attached hydrogens (tertiary/aromatic N) is 1. The first-order valence-electron chi connectivity index (χ1n) is 6.18. The topological polar surface area (TPSA) is 99.1 Å². The van der Waals surface area contributed by atoms with E-state index in [9.17, 15) is 9.59 Å². The fourth-order valence-corrected chi connectivity index (χ4v) is 2.12. The molecule has 0 saturated heterocycles. The van der Waals surface area contributed by atoms with Crippen LogP contribution in [0, 0.1) is 0 Å².